The minimum atomic E-state index is -2.84. The highest BCUT2D eigenvalue weighted by Gasteiger charge is 2.16. The maximum absolute atomic E-state index is 12.3. The number of fused-ring (bicyclic) bond motifs is 1. The Morgan fingerprint density at radius 3 is 2.56 bits per heavy atom. The van der Waals surface area contributed by atoms with Gasteiger partial charge in [0.05, 0.1) is 0 Å². The summed E-state index contributed by atoms with van der Waals surface area (Å²) in [5.74, 6) is 0.147. The highest BCUT2D eigenvalue weighted by molar-refractivity contribution is 5.98. The predicted molar refractivity (Wildman–Crippen MR) is 90.1 cm³/mol. The lowest BCUT2D eigenvalue weighted by Crippen LogP contribution is -2.25. The molecule has 0 aliphatic rings. The number of alkyl halides is 2. The van der Waals surface area contributed by atoms with Crippen molar-refractivity contribution in [2.75, 3.05) is 6.54 Å². The number of furan rings is 1. The van der Waals surface area contributed by atoms with Crippen molar-refractivity contribution in [3.63, 3.8) is 0 Å². The van der Waals surface area contributed by atoms with E-state index < -0.39 is 6.61 Å². The Balaban J connectivity index is 1.58. The molecule has 1 N–H and O–H groups in total. The number of amides is 1. The standard InChI is InChI=1S/C19H17F2NO3/c1-12-15-4-2-3-5-16(15)25-17(12)18(23)22-11-10-13-6-8-14(9-7-13)24-19(20)21/h2-9,19H,10-11H2,1H3,(H,22,23). The Morgan fingerprint density at radius 2 is 1.88 bits per heavy atom. The first-order valence-corrected chi connectivity index (χ1v) is 7.84. The van der Waals surface area contributed by atoms with Gasteiger partial charge in [-0.05, 0) is 37.1 Å². The van der Waals surface area contributed by atoms with Gasteiger partial charge in [0.25, 0.3) is 5.91 Å². The normalized spacial score (nSPS) is 11.0. The molecule has 3 rings (SSSR count). The Hall–Kier alpha value is -2.89. The monoisotopic (exact) mass is 345 g/mol. The molecule has 0 bridgehead atoms. The number of nitrogens with one attached hydrogen (secondary N) is 1. The Bertz CT molecular complexity index is 872. The van der Waals surface area contributed by atoms with E-state index in [1.165, 1.54) is 12.1 Å². The Kier molecular flexibility index (Phi) is 4.97. The number of carbonyl (C=O) groups excluding carboxylic acids is 1. The maximum Gasteiger partial charge on any atom is 0.387 e. The number of rotatable bonds is 6. The van der Waals surface area contributed by atoms with Gasteiger partial charge in [-0.2, -0.15) is 8.78 Å². The summed E-state index contributed by atoms with van der Waals surface area (Å²) < 4.78 is 34.1. The number of carbonyl (C=O) groups is 1. The molecule has 1 amide bonds. The van der Waals surface area contributed by atoms with Gasteiger partial charge >= 0.3 is 6.61 Å². The zero-order valence-corrected chi connectivity index (χ0v) is 13.6. The van der Waals surface area contributed by atoms with Gasteiger partial charge in [0.2, 0.25) is 0 Å². The van der Waals surface area contributed by atoms with Crippen molar-refractivity contribution in [3.8, 4) is 5.75 Å². The second kappa shape index (κ2) is 7.34. The summed E-state index contributed by atoms with van der Waals surface area (Å²) in [7, 11) is 0. The van der Waals surface area contributed by atoms with Crippen LogP contribution in [0, 0.1) is 6.92 Å². The molecule has 130 valence electrons. The number of para-hydroxylation sites is 1. The number of halogens is 2. The van der Waals surface area contributed by atoms with Crippen molar-refractivity contribution in [2.45, 2.75) is 20.0 Å². The molecule has 0 fully saturated rings. The number of hydrogen-bond acceptors (Lipinski definition) is 3. The number of aryl methyl sites for hydroxylation is 1. The van der Waals surface area contributed by atoms with Crippen molar-refractivity contribution >= 4 is 16.9 Å². The largest absolute Gasteiger partial charge is 0.451 e. The van der Waals surface area contributed by atoms with Crippen molar-refractivity contribution in [2.24, 2.45) is 0 Å². The van der Waals surface area contributed by atoms with Crippen LogP contribution in [0.4, 0.5) is 8.78 Å². The summed E-state index contributed by atoms with van der Waals surface area (Å²) in [5, 5.41) is 3.73. The summed E-state index contributed by atoms with van der Waals surface area (Å²) in [6.07, 6.45) is 0.569. The fourth-order valence-corrected chi connectivity index (χ4v) is 2.63. The molecule has 6 heteroatoms. The van der Waals surface area contributed by atoms with Crippen molar-refractivity contribution in [1.29, 1.82) is 0 Å². The number of hydrogen-bond donors (Lipinski definition) is 1. The van der Waals surface area contributed by atoms with E-state index in [-0.39, 0.29) is 11.7 Å². The average Bonchev–Trinajstić information content (AvgIpc) is 2.93. The molecule has 0 aliphatic carbocycles. The van der Waals surface area contributed by atoms with Crippen LogP contribution in [0.3, 0.4) is 0 Å². The maximum atomic E-state index is 12.3. The molecule has 25 heavy (non-hydrogen) atoms. The fourth-order valence-electron chi connectivity index (χ4n) is 2.63. The third-order valence-corrected chi connectivity index (χ3v) is 3.90. The molecular weight excluding hydrogens is 328 g/mol. The van der Waals surface area contributed by atoms with Gasteiger partial charge in [-0.15, -0.1) is 0 Å². The molecule has 0 unspecified atom stereocenters. The summed E-state index contributed by atoms with van der Waals surface area (Å²) in [6, 6.07) is 13.8. The Labute approximate surface area is 143 Å². The van der Waals surface area contributed by atoms with E-state index in [0.29, 0.717) is 24.3 Å². The third kappa shape index (κ3) is 3.96. The lowest BCUT2D eigenvalue weighted by atomic mass is 10.1. The molecule has 3 aromatic rings. The predicted octanol–water partition coefficient (Wildman–Crippen LogP) is 4.32. The molecule has 0 aliphatic heterocycles. The molecular formula is C19H17F2NO3. The first-order chi connectivity index (χ1) is 12.0. The van der Waals surface area contributed by atoms with Crippen LogP contribution in [0.1, 0.15) is 21.7 Å². The molecule has 4 nitrogen and oxygen atoms in total. The van der Waals surface area contributed by atoms with E-state index in [1.54, 1.807) is 12.1 Å². The van der Waals surface area contributed by atoms with Gasteiger partial charge in [-0.1, -0.05) is 30.3 Å². The van der Waals surface area contributed by atoms with E-state index in [0.717, 1.165) is 16.5 Å². The second-order valence-corrected chi connectivity index (χ2v) is 5.58. The summed E-state index contributed by atoms with van der Waals surface area (Å²) in [4.78, 5) is 12.3. The van der Waals surface area contributed by atoms with Crippen LogP contribution in [-0.2, 0) is 6.42 Å². The first kappa shape index (κ1) is 17.0. The molecule has 1 heterocycles. The first-order valence-electron chi connectivity index (χ1n) is 7.84. The molecule has 0 atom stereocenters. The third-order valence-electron chi connectivity index (χ3n) is 3.90. The lowest BCUT2D eigenvalue weighted by Gasteiger charge is -2.07. The zero-order chi connectivity index (χ0) is 17.8. The van der Waals surface area contributed by atoms with Gasteiger partial charge < -0.3 is 14.5 Å². The SMILES string of the molecule is Cc1c(C(=O)NCCc2ccc(OC(F)F)cc2)oc2ccccc12. The van der Waals surface area contributed by atoms with Crippen LogP contribution in [0.2, 0.25) is 0 Å². The van der Waals surface area contributed by atoms with Crippen molar-refractivity contribution in [3.05, 3.63) is 65.4 Å². The van der Waals surface area contributed by atoms with Gasteiger partial charge in [0.15, 0.2) is 5.76 Å². The topological polar surface area (TPSA) is 51.5 Å². The van der Waals surface area contributed by atoms with E-state index in [1.807, 2.05) is 31.2 Å². The highest BCUT2D eigenvalue weighted by Crippen LogP contribution is 2.24. The summed E-state index contributed by atoms with van der Waals surface area (Å²) in [6.45, 7) is -0.579. The van der Waals surface area contributed by atoms with Crippen LogP contribution in [-0.4, -0.2) is 19.1 Å². The zero-order valence-electron chi connectivity index (χ0n) is 13.6. The van der Waals surface area contributed by atoms with Gasteiger partial charge in [-0.25, -0.2) is 0 Å². The summed E-state index contributed by atoms with van der Waals surface area (Å²) >= 11 is 0. The Morgan fingerprint density at radius 1 is 1.16 bits per heavy atom. The molecule has 1 aromatic heterocycles. The van der Waals surface area contributed by atoms with Gasteiger partial charge in [0.1, 0.15) is 11.3 Å². The summed E-state index contributed by atoms with van der Waals surface area (Å²) in [5.41, 5.74) is 2.39. The van der Waals surface area contributed by atoms with Gasteiger partial charge in [0, 0.05) is 17.5 Å². The average molecular weight is 345 g/mol. The van der Waals surface area contributed by atoms with Crippen molar-refractivity contribution in [1.82, 2.24) is 5.32 Å². The number of ether oxygens (including phenoxy) is 1. The smallest absolute Gasteiger partial charge is 0.387 e. The van der Waals surface area contributed by atoms with Crippen LogP contribution < -0.4 is 10.1 Å². The van der Waals surface area contributed by atoms with E-state index in [4.69, 9.17) is 4.42 Å². The molecule has 0 saturated heterocycles. The highest BCUT2D eigenvalue weighted by atomic mass is 19.3. The molecule has 2 aromatic carbocycles. The van der Waals surface area contributed by atoms with Crippen LogP contribution in [0.25, 0.3) is 11.0 Å². The van der Waals surface area contributed by atoms with Gasteiger partial charge in [-0.3, -0.25) is 4.79 Å². The molecule has 0 radical (unpaired) electrons. The van der Waals surface area contributed by atoms with E-state index in [2.05, 4.69) is 10.1 Å². The lowest BCUT2D eigenvalue weighted by molar-refractivity contribution is -0.0498. The van der Waals surface area contributed by atoms with Crippen LogP contribution in [0.5, 0.6) is 5.75 Å². The van der Waals surface area contributed by atoms with Crippen LogP contribution in [0.15, 0.2) is 52.9 Å². The second-order valence-electron chi connectivity index (χ2n) is 5.58. The number of benzene rings is 2. The molecule has 0 spiro atoms. The van der Waals surface area contributed by atoms with Crippen LogP contribution >= 0.6 is 0 Å². The quantitative estimate of drug-likeness (QED) is 0.724. The van der Waals surface area contributed by atoms with E-state index >= 15 is 0 Å². The minimum Gasteiger partial charge on any atom is -0.451 e. The van der Waals surface area contributed by atoms with Crippen molar-refractivity contribution < 1.29 is 22.7 Å². The fraction of sp³-hybridized carbons (Fsp3) is 0.211. The minimum absolute atomic E-state index is 0.112. The molecule has 0 saturated carbocycles. The van der Waals surface area contributed by atoms with E-state index in [9.17, 15) is 13.6 Å².